The summed E-state index contributed by atoms with van der Waals surface area (Å²) in [6.07, 6.45) is 1.24. The van der Waals surface area contributed by atoms with Crippen LogP contribution in [0.25, 0.3) is 0 Å². The van der Waals surface area contributed by atoms with Crippen LogP contribution in [0.2, 0.25) is 0 Å². The van der Waals surface area contributed by atoms with Crippen LogP contribution in [0, 0.1) is 0 Å². The molecule has 5 nitrogen and oxygen atoms in total. The molecule has 1 aliphatic rings. The molecular formula is C16H22N2O3. The average molecular weight is 290 g/mol. The van der Waals surface area contributed by atoms with Crippen molar-refractivity contribution in [3.63, 3.8) is 0 Å². The van der Waals surface area contributed by atoms with E-state index in [1.54, 1.807) is 4.90 Å². The van der Waals surface area contributed by atoms with Crippen molar-refractivity contribution in [3.8, 4) is 0 Å². The lowest BCUT2D eigenvalue weighted by Gasteiger charge is -2.22. The maximum Gasteiger partial charge on any atom is 0.248 e. The molecule has 21 heavy (non-hydrogen) atoms. The van der Waals surface area contributed by atoms with E-state index in [0.717, 1.165) is 12.0 Å². The molecule has 1 heterocycles. The maximum atomic E-state index is 12.3. The lowest BCUT2D eigenvalue weighted by molar-refractivity contribution is -0.136. The molecule has 0 saturated carbocycles. The zero-order valence-electron chi connectivity index (χ0n) is 12.5. The van der Waals surface area contributed by atoms with Gasteiger partial charge in [0.25, 0.3) is 0 Å². The highest BCUT2D eigenvalue weighted by Crippen LogP contribution is 2.08. The molecule has 0 aliphatic carbocycles. The van der Waals surface area contributed by atoms with Crippen molar-refractivity contribution in [1.82, 2.24) is 9.80 Å². The van der Waals surface area contributed by atoms with E-state index in [4.69, 9.17) is 4.74 Å². The first-order valence-corrected chi connectivity index (χ1v) is 7.29. The normalized spacial score (nSPS) is 15.7. The van der Waals surface area contributed by atoms with Crippen molar-refractivity contribution >= 4 is 11.8 Å². The van der Waals surface area contributed by atoms with Crippen LogP contribution in [0.4, 0.5) is 0 Å². The molecule has 0 bridgehead atoms. The summed E-state index contributed by atoms with van der Waals surface area (Å²) < 4.78 is 4.88. The largest absolute Gasteiger partial charge is 0.375 e. The second-order valence-electron chi connectivity index (χ2n) is 5.21. The Morgan fingerprint density at radius 1 is 1.00 bits per heavy atom. The molecule has 2 amide bonds. The predicted molar refractivity (Wildman–Crippen MR) is 79.8 cm³/mol. The molecule has 5 heteroatoms. The molecule has 0 N–H and O–H groups in total. The van der Waals surface area contributed by atoms with E-state index < -0.39 is 0 Å². The summed E-state index contributed by atoms with van der Waals surface area (Å²) in [5.74, 6) is 0.122. The number of benzene rings is 1. The van der Waals surface area contributed by atoms with Gasteiger partial charge in [-0.2, -0.15) is 0 Å². The third-order valence-electron chi connectivity index (χ3n) is 3.67. The molecule has 0 unspecified atom stereocenters. The Bertz CT molecular complexity index is 476. The Kier molecular flexibility index (Phi) is 5.75. The number of methoxy groups -OCH3 is 1. The summed E-state index contributed by atoms with van der Waals surface area (Å²) in [5, 5.41) is 0. The monoisotopic (exact) mass is 290 g/mol. The number of rotatable bonds is 4. The summed E-state index contributed by atoms with van der Waals surface area (Å²) in [5.41, 5.74) is 1.03. The first-order chi connectivity index (χ1) is 10.2. The Labute approximate surface area is 125 Å². The summed E-state index contributed by atoms with van der Waals surface area (Å²) in [6.45, 7) is 2.70. The van der Waals surface area contributed by atoms with Crippen LogP contribution in [0.3, 0.4) is 0 Å². The standard InChI is InChI=1S/C16H22N2O3/c1-21-13-16(20)18-9-5-8-17(10-11-18)15(19)12-14-6-3-2-4-7-14/h2-4,6-7H,5,8-13H2,1H3. The number of nitrogens with zero attached hydrogens (tertiary/aromatic N) is 2. The third-order valence-corrected chi connectivity index (χ3v) is 3.67. The fourth-order valence-corrected chi connectivity index (χ4v) is 2.51. The molecule has 1 aromatic rings. The number of carbonyl (C=O) groups is 2. The zero-order chi connectivity index (χ0) is 15.1. The third kappa shape index (κ3) is 4.56. The lowest BCUT2D eigenvalue weighted by atomic mass is 10.1. The molecule has 1 aliphatic heterocycles. The van der Waals surface area contributed by atoms with Crippen LogP contribution < -0.4 is 0 Å². The lowest BCUT2D eigenvalue weighted by Crippen LogP contribution is -2.39. The Balaban J connectivity index is 1.87. The van der Waals surface area contributed by atoms with Gasteiger partial charge in [0.1, 0.15) is 6.61 Å². The van der Waals surface area contributed by atoms with Gasteiger partial charge in [-0.05, 0) is 12.0 Å². The smallest absolute Gasteiger partial charge is 0.248 e. The number of ether oxygens (including phenoxy) is 1. The first kappa shape index (κ1) is 15.5. The molecule has 0 aromatic heterocycles. The van der Waals surface area contributed by atoms with Crippen LogP contribution in [0.1, 0.15) is 12.0 Å². The molecule has 114 valence electrons. The summed E-state index contributed by atoms with van der Waals surface area (Å²) in [4.78, 5) is 27.8. The van der Waals surface area contributed by atoms with Crippen LogP contribution in [-0.4, -0.2) is 61.5 Å². The number of carbonyl (C=O) groups excluding carboxylic acids is 2. The van der Waals surface area contributed by atoms with Gasteiger partial charge >= 0.3 is 0 Å². The van der Waals surface area contributed by atoms with Gasteiger partial charge in [0.05, 0.1) is 6.42 Å². The Morgan fingerprint density at radius 2 is 1.62 bits per heavy atom. The van der Waals surface area contributed by atoms with Crippen LogP contribution >= 0.6 is 0 Å². The minimum Gasteiger partial charge on any atom is -0.375 e. The van der Waals surface area contributed by atoms with E-state index in [1.807, 2.05) is 35.2 Å². The van der Waals surface area contributed by atoms with Crippen molar-refractivity contribution < 1.29 is 14.3 Å². The highest BCUT2D eigenvalue weighted by Gasteiger charge is 2.21. The first-order valence-electron chi connectivity index (χ1n) is 7.29. The molecule has 1 saturated heterocycles. The zero-order valence-corrected chi connectivity index (χ0v) is 12.5. The Hall–Kier alpha value is -1.88. The van der Waals surface area contributed by atoms with Crippen molar-refractivity contribution in [1.29, 1.82) is 0 Å². The molecule has 0 atom stereocenters. The van der Waals surface area contributed by atoms with Crippen LogP contribution in [0.5, 0.6) is 0 Å². The van der Waals surface area contributed by atoms with E-state index in [0.29, 0.717) is 32.6 Å². The second-order valence-corrected chi connectivity index (χ2v) is 5.21. The summed E-state index contributed by atoms with van der Waals surface area (Å²) >= 11 is 0. The number of amides is 2. The van der Waals surface area contributed by atoms with E-state index >= 15 is 0 Å². The van der Waals surface area contributed by atoms with Gasteiger partial charge in [-0.3, -0.25) is 9.59 Å². The van der Waals surface area contributed by atoms with Crippen LogP contribution in [0.15, 0.2) is 30.3 Å². The van der Waals surface area contributed by atoms with Crippen LogP contribution in [-0.2, 0) is 20.7 Å². The van der Waals surface area contributed by atoms with E-state index in [9.17, 15) is 9.59 Å². The van der Waals surface area contributed by atoms with E-state index in [2.05, 4.69) is 0 Å². The number of hydrogen-bond donors (Lipinski definition) is 0. The molecule has 0 spiro atoms. The SMILES string of the molecule is COCC(=O)N1CCCN(C(=O)Cc2ccccc2)CC1. The van der Waals surface area contributed by atoms with E-state index in [1.165, 1.54) is 7.11 Å². The van der Waals surface area contributed by atoms with Crippen molar-refractivity contribution in [2.24, 2.45) is 0 Å². The molecule has 1 aromatic carbocycles. The van der Waals surface area contributed by atoms with Gasteiger partial charge in [0, 0.05) is 33.3 Å². The topological polar surface area (TPSA) is 49.9 Å². The summed E-state index contributed by atoms with van der Waals surface area (Å²) in [7, 11) is 1.52. The van der Waals surface area contributed by atoms with Gasteiger partial charge in [-0.1, -0.05) is 30.3 Å². The highest BCUT2D eigenvalue weighted by atomic mass is 16.5. The highest BCUT2D eigenvalue weighted by molar-refractivity contribution is 5.79. The summed E-state index contributed by atoms with van der Waals surface area (Å²) in [6, 6.07) is 9.75. The minimum absolute atomic E-state index is 0.00476. The fourth-order valence-electron chi connectivity index (χ4n) is 2.51. The quantitative estimate of drug-likeness (QED) is 0.829. The van der Waals surface area contributed by atoms with Gasteiger partial charge < -0.3 is 14.5 Å². The minimum atomic E-state index is -0.00476. The molecule has 2 rings (SSSR count). The van der Waals surface area contributed by atoms with E-state index in [-0.39, 0.29) is 18.4 Å². The van der Waals surface area contributed by atoms with Gasteiger partial charge in [-0.25, -0.2) is 0 Å². The fraction of sp³-hybridized carbons (Fsp3) is 0.500. The molecular weight excluding hydrogens is 268 g/mol. The van der Waals surface area contributed by atoms with Crippen molar-refractivity contribution in [2.45, 2.75) is 12.8 Å². The second kappa shape index (κ2) is 7.78. The maximum absolute atomic E-state index is 12.3. The molecule has 0 radical (unpaired) electrons. The average Bonchev–Trinajstić information content (AvgIpc) is 2.74. The molecule has 1 fully saturated rings. The van der Waals surface area contributed by atoms with Crippen molar-refractivity contribution in [3.05, 3.63) is 35.9 Å². The van der Waals surface area contributed by atoms with Gasteiger partial charge in [-0.15, -0.1) is 0 Å². The van der Waals surface area contributed by atoms with Gasteiger partial charge in [0.15, 0.2) is 0 Å². The van der Waals surface area contributed by atoms with Crippen molar-refractivity contribution in [2.75, 3.05) is 39.9 Å². The predicted octanol–water partition coefficient (Wildman–Crippen LogP) is 0.936. The number of hydrogen-bond acceptors (Lipinski definition) is 3. The Morgan fingerprint density at radius 3 is 2.24 bits per heavy atom. The van der Waals surface area contributed by atoms with Gasteiger partial charge in [0.2, 0.25) is 11.8 Å².